The summed E-state index contributed by atoms with van der Waals surface area (Å²) in [5, 5.41) is 3.49. The summed E-state index contributed by atoms with van der Waals surface area (Å²) in [6.07, 6.45) is 0. The van der Waals surface area contributed by atoms with E-state index >= 15 is 0 Å². The highest BCUT2D eigenvalue weighted by molar-refractivity contribution is 5.38. The van der Waals surface area contributed by atoms with Gasteiger partial charge < -0.3 is 10.1 Å². The smallest absolute Gasteiger partial charge is 0.136 e. The number of hydrogen-bond acceptors (Lipinski definition) is 4. The van der Waals surface area contributed by atoms with E-state index < -0.39 is 0 Å². The number of anilines is 1. The summed E-state index contributed by atoms with van der Waals surface area (Å²) in [6, 6.07) is 2.29. The van der Waals surface area contributed by atoms with Gasteiger partial charge in [0.05, 0.1) is 12.3 Å². The Hall–Kier alpha value is -1.16. The van der Waals surface area contributed by atoms with E-state index in [4.69, 9.17) is 4.74 Å². The second kappa shape index (κ2) is 6.08. The molecule has 4 heteroatoms. The lowest BCUT2D eigenvalue weighted by atomic mass is 9.88. The minimum atomic E-state index is -0.0782. The Morgan fingerprint density at radius 1 is 1.15 bits per heavy atom. The molecule has 114 valence electrons. The van der Waals surface area contributed by atoms with E-state index in [9.17, 15) is 0 Å². The molecule has 1 rings (SSSR count). The van der Waals surface area contributed by atoms with Gasteiger partial charge in [0.1, 0.15) is 11.6 Å². The van der Waals surface area contributed by atoms with Gasteiger partial charge in [0.2, 0.25) is 0 Å². The van der Waals surface area contributed by atoms with E-state index in [1.54, 1.807) is 7.11 Å². The van der Waals surface area contributed by atoms with Crippen molar-refractivity contribution in [2.24, 2.45) is 5.41 Å². The first-order valence-corrected chi connectivity index (χ1v) is 7.18. The normalized spacial score (nSPS) is 14.2. The van der Waals surface area contributed by atoms with Crippen molar-refractivity contribution in [2.45, 2.75) is 66.5 Å². The van der Waals surface area contributed by atoms with Crippen molar-refractivity contribution in [3.05, 3.63) is 17.6 Å². The van der Waals surface area contributed by atoms with Gasteiger partial charge in [-0.2, -0.15) is 0 Å². The first-order chi connectivity index (χ1) is 9.04. The fourth-order valence-electron chi connectivity index (χ4n) is 1.57. The lowest BCUT2D eigenvalue weighted by Crippen LogP contribution is -2.31. The summed E-state index contributed by atoms with van der Waals surface area (Å²) < 4.78 is 5.20. The molecule has 0 saturated heterocycles. The van der Waals surface area contributed by atoms with Crippen LogP contribution in [-0.4, -0.2) is 23.1 Å². The average Bonchev–Trinajstić information content (AvgIpc) is 2.26. The predicted molar refractivity (Wildman–Crippen MR) is 84.0 cm³/mol. The molecule has 0 spiro atoms. The van der Waals surface area contributed by atoms with Crippen LogP contribution in [0.3, 0.4) is 0 Å². The molecule has 1 aromatic heterocycles. The largest absolute Gasteiger partial charge is 0.378 e. The van der Waals surface area contributed by atoms with Gasteiger partial charge in [-0.3, -0.25) is 0 Å². The number of nitrogens with one attached hydrogen (secondary N) is 1. The second-order valence-electron chi connectivity index (χ2n) is 7.48. The molecule has 1 aromatic rings. The summed E-state index contributed by atoms with van der Waals surface area (Å²) in [7, 11) is 1.68. The van der Waals surface area contributed by atoms with Crippen LogP contribution in [0.15, 0.2) is 6.07 Å². The summed E-state index contributed by atoms with van der Waals surface area (Å²) in [6.45, 7) is 15.7. The second-order valence-corrected chi connectivity index (χ2v) is 7.48. The molecule has 20 heavy (non-hydrogen) atoms. The highest BCUT2D eigenvalue weighted by Crippen LogP contribution is 2.25. The van der Waals surface area contributed by atoms with Crippen molar-refractivity contribution in [1.82, 2.24) is 9.97 Å². The number of hydrogen-bond donors (Lipinski definition) is 1. The maximum Gasteiger partial charge on any atom is 0.136 e. The van der Waals surface area contributed by atoms with Crippen molar-refractivity contribution in [3.63, 3.8) is 0 Å². The van der Waals surface area contributed by atoms with Gasteiger partial charge >= 0.3 is 0 Å². The van der Waals surface area contributed by atoms with Crippen LogP contribution in [0.5, 0.6) is 0 Å². The van der Waals surface area contributed by atoms with Crippen LogP contribution in [0.2, 0.25) is 0 Å². The van der Waals surface area contributed by atoms with Crippen molar-refractivity contribution in [1.29, 1.82) is 0 Å². The molecule has 0 bridgehead atoms. The third-order valence-corrected chi connectivity index (χ3v) is 3.41. The van der Waals surface area contributed by atoms with E-state index in [1.165, 1.54) is 0 Å². The van der Waals surface area contributed by atoms with Crippen LogP contribution < -0.4 is 5.32 Å². The SMILES string of the molecule is COCc1cc(NC(C)C(C)(C)C)nc(C(C)(C)C)n1. The zero-order chi connectivity index (χ0) is 15.6. The van der Waals surface area contributed by atoms with Crippen molar-refractivity contribution < 1.29 is 4.74 Å². The molecule has 1 heterocycles. The highest BCUT2D eigenvalue weighted by atomic mass is 16.5. The Balaban J connectivity index is 3.09. The summed E-state index contributed by atoms with van der Waals surface area (Å²) in [4.78, 5) is 9.25. The van der Waals surface area contributed by atoms with Gasteiger partial charge in [-0.25, -0.2) is 9.97 Å². The maximum absolute atomic E-state index is 5.20. The van der Waals surface area contributed by atoms with Crippen molar-refractivity contribution in [2.75, 3.05) is 12.4 Å². The molecule has 0 fully saturated rings. The van der Waals surface area contributed by atoms with E-state index in [-0.39, 0.29) is 10.8 Å². The quantitative estimate of drug-likeness (QED) is 0.911. The van der Waals surface area contributed by atoms with Crippen molar-refractivity contribution in [3.8, 4) is 0 Å². The molecule has 1 N–H and O–H groups in total. The molecule has 0 aliphatic carbocycles. The molecule has 4 nitrogen and oxygen atoms in total. The van der Waals surface area contributed by atoms with Crippen molar-refractivity contribution >= 4 is 5.82 Å². The van der Waals surface area contributed by atoms with Crippen LogP contribution >= 0.6 is 0 Å². The molecule has 0 aromatic carbocycles. The molecule has 0 saturated carbocycles. The van der Waals surface area contributed by atoms with E-state index in [1.807, 2.05) is 6.07 Å². The van der Waals surface area contributed by atoms with E-state index in [0.29, 0.717) is 12.6 Å². The first-order valence-electron chi connectivity index (χ1n) is 7.18. The molecule has 1 atom stereocenters. The standard InChI is InChI=1S/C16H29N3O/c1-11(15(2,3)4)17-13-9-12(10-20-8)18-14(19-13)16(5,6)7/h9,11H,10H2,1-8H3,(H,17,18,19). The minimum Gasteiger partial charge on any atom is -0.378 e. The van der Waals surface area contributed by atoms with Gasteiger partial charge in [-0.1, -0.05) is 41.5 Å². The summed E-state index contributed by atoms with van der Waals surface area (Å²) in [5.41, 5.74) is 1.01. The summed E-state index contributed by atoms with van der Waals surface area (Å²) in [5.74, 6) is 1.72. The first kappa shape index (κ1) is 16.9. The molecule has 0 aliphatic heterocycles. The van der Waals surface area contributed by atoms with Crippen LogP contribution in [-0.2, 0) is 16.8 Å². The van der Waals surface area contributed by atoms with Crippen LogP contribution in [0.1, 0.15) is 60.0 Å². The minimum absolute atomic E-state index is 0.0782. The molecular weight excluding hydrogens is 250 g/mol. The average molecular weight is 279 g/mol. The molecule has 0 amide bonds. The number of nitrogens with zero attached hydrogens (tertiary/aromatic N) is 2. The number of aromatic nitrogens is 2. The highest BCUT2D eigenvalue weighted by Gasteiger charge is 2.23. The fourth-order valence-corrected chi connectivity index (χ4v) is 1.57. The summed E-state index contributed by atoms with van der Waals surface area (Å²) >= 11 is 0. The molecule has 0 aliphatic rings. The lowest BCUT2D eigenvalue weighted by molar-refractivity contribution is 0.181. The Morgan fingerprint density at radius 3 is 2.20 bits per heavy atom. The Labute approximate surface area is 123 Å². The number of ether oxygens (including phenoxy) is 1. The number of methoxy groups -OCH3 is 1. The number of rotatable bonds is 4. The Bertz CT molecular complexity index is 444. The molecule has 1 unspecified atom stereocenters. The van der Waals surface area contributed by atoms with Gasteiger partial charge in [0.15, 0.2) is 0 Å². The maximum atomic E-state index is 5.20. The van der Waals surface area contributed by atoms with E-state index in [2.05, 4.69) is 63.8 Å². The lowest BCUT2D eigenvalue weighted by Gasteiger charge is -2.29. The predicted octanol–water partition coefficient (Wildman–Crippen LogP) is 3.77. The van der Waals surface area contributed by atoms with E-state index in [0.717, 1.165) is 17.3 Å². The molecule has 0 radical (unpaired) electrons. The Morgan fingerprint density at radius 2 is 1.75 bits per heavy atom. The topological polar surface area (TPSA) is 47.0 Å². The third kappa shape index (κ3) is 4.75. The third-order valence-electron chi connectivity index (χ3n) is 3.41. The van der Waals surface area contributed by atoms with Gasteiger partial charge in [0.25, 0.3) is 0 Å². The fraction of sp³-hybridized carbons (Fsp3) is 0.750. The van der Waals surface area contributed by atoms with Crippen LogP contribution in [0.4, 0.5) is 5.82 Å². The zero-order valence-electron chi connectivity index (χ0n) is 14.2. The zero-order valence-corrected chi connectivity index (χ0v) is 14.2. The van der Waals surface area contributed by atoms with Crippen LogP contribution in [0.25, 0.3) is 0 Å². The van der Waals surface area contributed by atoms with Gasteiger partial charge in [-0.15, -0.1) is 0 Å². The van der Waals surface area contributed by atoms with Gasteiger partial charge in [0, 0.05) is 24.6 Å². The monoisotopic (exact) mass is 279 g/mol. The van der Waals surface area contributed by atoms with Gasteiger partial charge in [-0.05, 0) is 12.3 Å². The molecular formula is C16H29N3O. The Kier molecular flexibility index (Phi) is 5.14. The van der Waals surface area contributed by atoms with Crippen LogP contribution in [0, 0.1) is 5.41 Å².